The second-order valence-corrected chi connectivity index (χ2v) is 6.26. The lowest BCUT2D eigenvalue weighted by Crippen LogP contribution is -2.58. The summed E-state index contributed by atoms with van der Waals surface area (Å²) in [4.78, 5) is 13.5. The monoisotopic (exact) mass is 249 g/mol. The first-order valence-electron chi connectivity index (χ1n) is 5.28. The molecule has 1 saturated heterocycles. The molecule has 1 aliphatic rings. The molecule has 0 aliphatic carbocycles. The zero-order valence-corrected chi connectivity index (χ0v) is 10.5. The highest BCUT2D eigenvalue weighted by Gasteiger charge is 2.27. The normalized spacial score (nSPS) is 23.0. The first-order valence-corrected chi connectivity index (χ1v) is 7.34. The van der Waals surface area contributed by atoms with Gasteiger partial charge in [0.15, 0.2) is 0 Å². The molecule has 6 nitrogen and oxygen atoms in total. The van der Waals surface area contributed by atoms with Crippen LogP contribution < -0.4 is 10.6 Å². The van der Waals surface area contributed by atoms with Crippen LogP contribution in [-0.4, -0.2) is 70.5 Å². The van der Waals surface area contributed by atoms with Crippen molar-refractivity contribution in [3.63, 3.8) is 0 Å². The molecule has 0 aromatic carbocycles. The van der Waals surface area contributed by atoms with Crippen molar-refractivity contribution in [1.29, 1.82) is 0 Å². The minimum Gasteiger partial charge on any atom is -0.358 e. The zero-order valence-electron chi connectivity index (χ0n) is 9.69. The molecule has 0 aromatic rings. The topological polar surface area (TPSA) is 78.5 Å². The molecule has 1 heterocycles. The third-order valence-corrected chi connectivity index (χ3v) is 3.58. The van der Waals surface area contributed by atoms with Gasteiger partial charge >= 0.3 is 0 Å². The molecule has 0 bridgehead atoms. The summed E-state index contributed by atoms with van der Waals surface area (Å²) in [6.45, 7) is 2.48. The molecule has 1 fully saturated rings. The quantitative estimate of drug-likeness (QED) is 0.605. The summed E-state index contributed by atoms with van der Waals surface area (Å²) < 4.78 is 22.2. The van der Waals surface area contributed by atoms with E-state index in [9.17, 15) is 13.2 Å². The molecular formula is C9H19N3O3S. The highest BCUT2D eigenvalue weighted by Crippen LogP contribution is 2.03. The maximum Gasteiger partial charge on any atom is 0.238 e. The average Bonchev–Trinajstić information content (AvgIpc) is 2.25. The standard InChI is InChI=1S/C9H19N3O3S/c1-10-9(13)8-7-11-3-4-12(8)5-6-16(2,14)15/h8,11H,3-7H2,1-2H3,(H,10,13). The summed E-state index contributed by atoms with van der Waals surface area (Å²) in [5.41, 5.74) is 0. The molecular weight excluding hydrogens is 230 g/mol. The van der Waals surface area contributed by atoms with Crippen molar-refractivity contribution >= 4 is 15.7 Å². The number of carbonyl (C=O) groups excluding carboxylic acids is 1. The number of carbonyl (C=O) groups is 1. The Kier molecular flexibility index (Phi) is 4.69. The first-order chi connectivity index (χ1) is 7.44. The highest BCUT2D eigenvalue weighted by atomic mass is 32.2. The van der Waals surface area contributed by atoms with Crippen molar-refractivity contribution in [3.8, 4) is 0 Å². The van der Waals surface area contributed by atoms with Crippen molar-refractivity contribution in [2.45, 2.75) is 6.04 Å². The van der Waals surface area contributed by atoms with E-state index in [1.165, 1.54) is 6.26 Å². The van der Waals surface area contributed by atoms with E-state index >= 15 is 0 Å². The van der Waals surface area contributed by atoms with E-state index in [1.807, 2.05) is 4.90 Å². The van der Waals surface area contributed by atoms with Crippen molar-refractivity contribution in [2.75, 3.05) is 45.2 Å². The van der Waals surface area contributed by atoms with E-state index < -0.39 is 9.84 Å². The van der Waals surface area contributed by atoms with Gasteiger partial charge in [0.25, 0.3) is 0 Å². The average molecular weight is 249 g/mol. The molecule has 0 radical (unpaired) electrons. The smallest absolute Gasteiger partial charge is 0.238 e. The van der Waals surface area contributed by atoms with E-state index in [1.54, 1.807) is 7.05 Å². The van der Waals surface area contributed by atoms with Gasteiger partial charge in [-0.2, -0.15) is 0 Å². The number of hydrogen-bond acceptors (Lipinski definition) is 5. The molecule has 1 aliphatic heterocycles. The SMILES string of the molecule is CNC(=O)C1CNCCN1CCS(C)(=O)=O. The van der Waals surface area contributed by atoms with Gasteiger partial charge < -0.3 is 10.6 Å². The fourth-order valence-electron chi connectivity index (χ4n) is 1.72. The third kappa shape index (κ3) is 4.07. The summed E-state index contributed by atoms with van der Waals surface area (Å²) in [5, 5.41) is 5.72. The van der Waals surface area contributed by atoms with Gasteiger partial charge in [0.1, 0.15) is 15.9 Å². The predicted octanol–water partition coefficient (Wildman–Crippen LogP) is -1.95. The summed E-state index contributed by atoms with van der Waals surface area (Å²) in [7, 11) is -1.38. The minimum absolute atomic E-state index is 0.0688. The van der Waals surface area contributed by atoms with Crippen LogP contribution >= 0.6 is 0 Å². The van der Waals surface area contributed by atoms with Crippen molar-refractivity contribution in [3.05, 3.63) is 0 Å². The molecule has 2 N–H and O–H groups in total. The van der Waals surface area contributed by atoms with Crippen molar-refractivity contribution in [2.24, 2.45) is 0 Å². The van der Waals surface area contributed by atoms with Crippen LogP contribution in [0.25, 0.3) is 0 Å². The maximum atomic E-state index is 11.6. The number of rotatable bonds is 4. The zero-order chi connectivity index (χ0) is 12.2. The van der Waals surface area contributed by atoms with E-state index in [0.717, 1.165) is 6.54 Å². The number of nitrogens with zero attached hydrogens (tertiary/aromatic N) is 1. The van der Waals surface area contributed by atoms with Crippen LogP contribution in [-0.2, 0) is 14.6 Å². The molecule has 0 aromatic heterocycles. The van der Waals surface area contributed by atoms with E-state index in [2.05, 4.69) is 10.6 Å². The van der Waals surface area contributed by atoms with Gasteiger partial charge in [-0.3, -0.25) is 9.69 Å². The van der Waals surface area contributed by atoms with Crippen LogP contribution in [0.1, 0.15) is 0 Å². The van der Waals surface area contributed by atoms with Gasteiger partial charge in [-0.05, 0) is 0 Å². The van der Waals surface area contributed by atoms with Crippen LogP contribution in [0, 0.1) is 0 Å². The Morgan fingerprint density at radius 3 is 2.81 bits per heavy atom. The highest BCUT2D eigenvalue weighted by molar-refractivity contribution is 7.90. The number of piperazine rings is 1. The molecule has 1 unspecified atom stereocenters. The van der Waals surface area contributed by atoms with Gasteiger partial charge in [0.2, 0.25) is 5.91 Å². The van der Waals surface area contributed by atoms with Crippen molar-refractivity contribution in [1.82, 2.24) is 15.5 Å². The second-order valence-electron chi connectivity index (χ2n) is 4.00. The van der Waals surface area contributed by atoms with Crippen molar-refractivity contribution < 1.29 is 13.2 Å². The van der Waals surface area contributed by atoms with Crippen LogP contribution in [0.2, 0.25) is 0 Å². The van der Waals surface area contributed by atoms with E-state index in [0.29, 0.717) is 19.6 Å². The number of nitrogens with one attached hydrogen (secondary N) is 2. The predicted molar refractivity (Wildman–Crippen MR) is 62.0 cm³/mol. The Bertz CT molecular complexity index is 342. The number of hydrogen-bond donors (Lipinski definition) is 2. The van der Waals surface area contributed by atoms with Gasteiger partial charge in [0.05, 0.1) is 5.75 Å². The summed E-state index contributed by atoms with van der Waals surface area (Å²) >= 11 is 0. The first kappa shape index (κ1) is 13.4. The number of likely N-dealkylation sites (N-methyl/N-ethyl adjacent to an activating group) is 1. The van der Waals surface area contributed by atoms with Crippen LogP contribution in [0.5, 0.6) is 0 Å². The summed E-state index contributed by atoms with van der Waals surface area (Å²) in [6.07, 6.45) is 1.21. The van der Waals surface area contributed by atoms with Gasteiger partial charge in [-0.15, -0.1) is 0 Å². The third-order valence-electron chi connectivity index (χ3n) is 2.65. The lowest BCUT2D eigenvalue weighted by Gasteiger charge is -2.34. The molecule has 7 heteroatoms. The van der Waals surface area contributed by atoms with Crippen LogP contribution in [0.4, 0.5) is 0 Å². The Hall–Kier alpha value is -0.660. The number of sulfone groups is 1. The van der Waals surface area contributed by atoms with E-state index in [4.69, 9.17) is 0 Å². The Labute approximate surface area is 96.3 Å². The maximum absolute atomic E-state index is 11.6. The molecule has 1 amide bonds. The largest absolute Gasteiger partial charge is 0.358 e. The fourth-order valence-corrected chi connectivity index (χ4v) is 2.29. The molecule has 94 valence electrons. The Balaban J connectivity index is 2.57. The second kappa shape index (κ2) is 5.60. The van der Waals surface area contributed by atoms with E-state index in [-0.39, 0.29) is 17.7 Å². The Morgan fingerprint density at radius 1 is 1.56 bits per heavy atom. The molecule has 16 heavy (non-hydrogen) atoms. The van der Waals surface area contributed by atoms with Crippen LogP contribution in [0.3, 0.4) is 0 Å². The lowest BCUT2D eigenvalue weighted by atomic mass is 10.2. The minimum atomic E-state index is -2.97. The molecule has 1 rings (SSSR count). The summed E-state index contributed by atoms with van der Waals surface area (Å²) in [5.74, 6) is 0.0289. The van der Waals surface area contributed by atoms with Crippen LogP contribution in [0.15, 0.2) is 0 Å². The fraction of sp³-hybridized carbons (Fsp3) is 0.889. The number of amides is 1. The lowest BCUT2D eigenvalue weighted by molar-refractivity contribution is -0.126. The van der Waals surface area contributed by atoms with Gasteiger partial charge in [0, 0.05) is 39.5 Å². The molecule has 1 atom stereocenters. The molecule has 0 spiro atoms. The Morgan fingerprint density at radius 2 is 2.25 bits per heavy atom. The van der Waals surface area contributed by atoms with Gasteiger partial charge in [-0.25, -0.2) is 8.42 Å². The van der Waals surface area contributed by atoms with Gasteiger partial charge in [-0.1, -0.05) is 0 Å². The summed E-state index contributed by atoms with van der Waals surface area (Å²) in [6, 6.07) is -0.263. The molecule has 0 saturated carbocycles.